The van der Waals surface area contributed by atoms with E-state index in [1.807, 2.05) is 0 Å². The van der Waals surface area contributed by atoms with Crippen LogP contribution in [-0.4, -0.2) is 41.8 Å². The van der Waals surface area contributed by atoms with E-state index >= 15 is 0 Å². The molecule has 4 N–H and O–H groups in total. The lowest BCUT2D eigenvalue weighted by atomic mass is 10.2. The van der Waals surface area contributed by atoms with Gasteiger partial charge in [-0.05, 0) is 6.08 Å². The number of fused-ring (bicyclic) bond motifs is 1. The van der Waals surface area contributed by atoms with Crippen LogP contribution in [0.4, 0.5) is 10.2 Å². The van der Waals surface area contributed by atoms with Gasteiger partial charge in [-0.1, -0.05) is 0 Å². The fraction of sp³-hybridized carbons (Fsp3) is 0.364. The molecule has 11 heteroatoms. The summed E-state index contributed by atoms with van der Waals surface area (Å²) in [7, 11) is -4.34. The molecule has 118 valence electrons. The van der Waals surface area contributed by atoms with Crippen LogP contribution in [-0.2, 0) is 9.30 Å². The van der Waals surface area contributed by atoms with Gasteiger partial charge in [-0.2, -0.15) is 0 Å². The van der Waals surface area contributed by atoms with Gasteiger partial charge in [0.2, 0.25) is 0 Å². The highest BCUT2D eigenvalue weighted by Crippen LogP contribution is 2.39. The minimum Gasteiger partial charge on any atom is -0.382 e. The molecule has 0 saturated carbocycles. The van der Waals surface area contributed by atoms with E-state index < -0.39 is 31.9 Å². The number of imidazole rings is 1. The second-order valence-corrected chi connectivity index (χ2v) is 6.47. The average molecular weight is 329 g/mol. The van der Waals surface area contributed by atoms with E-state index in [0.29, 0.717) is 11.2 Å². The number of anilines is 1. The highest BCUT2D eigenvalue weighted by atomic mass is 31.2. The first-order valence-electron chi connectivity index (χ1n) is 6.31. The van der Waals surface area contributed by atoms with Gasteiger partial charge in [0.1, 0.15) is 30.1 Å². The lowest BCUT2D eigenvalue weighted by molar-refractivity contribution is 0.0816. The van der Waals surface area contributed by atoms with E-state index in [4.69, 9.17) is 20.3 Å². The number of nitrogen functional groups attached to an aromatic ring is 1. The third-order valence-electron chi connectivity index (χ3n) is 3.30. The molecule has 9 nitrogen and oxygen atoms in total. The molecule has 2 atom stereocenters. The molecule has 0 unspecified atom stereocenters. The smallest absolute Gasteiger partial charge is 0.351 e. The molecular formula is C11H13FN5O4P. The van der Waals surface area contributed by atoms with E-state index in [-0.39, 0.29) is 12.2 Å². The molecule has 0 radical (unpaired) electrons. The van der Waals surface area contributed by atoms with Crippen LogP contribution >= 0.6 is 7.60 Å². The summed E-state index contributed by atoms with van der Waals surface area (Å²) in [5.74, 6) is -0.358. The summed E-state index contributed by atoms with van der Waals surface area (Å²) in [5, 5.41) is 0. The lowest BCUT2D eigenvalue weighted by Crippen LogP contribution is -2.14. The molecule has 22 heavy (non-hydrogen) atoms. The number of nitrogens with zero attached hydrogens (tertiary/aromatic N) is 4. The van der Waals surface area contributed by atoms with Crippen LogP contribution in [0.5, 0.6) is 0 Å². The van der Waals surface area contributed by atoms with E-state index in [1.54, 1.807) is 4.57 Å². The van der Waals surface area contributed by atoms with Crippen LogP contribution in [0.2, 0.25) is 0 Å². The molecule has 0 bridgehead atoms. The summed E-state index contributed by atoms with van der Waals surface area (Å²) in [6.07, 6.45) is 2.41. The monoisotopic (exact) mass is 329 g/mol. The van der Waals surface area contributed by atoms with Crippen LogP contribution in [0, 0.1) is 0 Å². The topological polar surface area (TPSA) is 136 Å². The number of rotatable bonds is 4. The molecule has 2 aromatic heterocycles. The van der Waals surface area contributed by atoms with E-state index in [1.165, 1.54) is 18.7 Å². The van der Waals surface area contributed by atoms with Crippen LogP contribution < -0.4 is 5.73 Å². The Morgan fingerprint density at radius 1 is 1.45 bits per heavy atom. The SMILES string of the molecule is Nc1ncnc2c1ncn2[C@H]1C=C(F)[C@@H](OCP(=O)(O)O)C1. The predicted molar refractivity (Wildman–Crippen MR) is 74.4 cm³/mol. The molecule has 0 amide bonds. The maximum absolute atomic E-state index is 13.9. The molecule has 1 aliphatic rings. The second kappa shape index (κ2) is 5.40. The molecule has 0 aromatic carbocycles. The number of aromatic nitrogens is 4. The molecular weight excluding hydrogens is 316 g/mol. The fourth-order valence-corrected chi connectivity index (χ4v) is 2.71. The lowest BCUT2D eigenvalue weighted by Gasteiger charge is -2.15. The number of nitrogens with two attached hydrogens (primary N) is 1. The molecule has 1 aliphatic carbocycles. The number of hydrogen-bond acceptors (Lipinski definition) is 6. The first-order chi connectivity index (χ1) is 10.3. The normalized spacial score (nSPS) is 22.2. The van der Waals surface area contributed by atoms with Crippen molar-refractivity contribution in [2.75, 3.05) is 12.1 Å². The maximum atomic E-state index is 13.9. The largest absolute Gasteiger partial charge is 0.382 e. The van der Waals surface area contributed by atoms with Crippen molar-refractivity contribution in [1.29, 1.82) is 0 Å². The summed E-state index contributed by atoms with van der Waals surface area (Å²) in [6.45, 7) is 0. The predicted octanol–water partition coefficient (Wildman–Crippen LogP) is 0.727. The second-order valence-electron chi connectivity index (χ2n) is 4.89. The van der Waals surface area contributed by atoms with Gasteiger partial charge < -0.3 is 24.8 Å². The van der Waals surface area contributed by atoms with Crippen molar-refractivity contribution in [1.82, 2.24) is 19.5 Å². The molecule has 0 spiro atoms. The zero-order valence-corrected chi connectivity index (χ0v) is 12.1. The first-order valence-corrected chi connectivity index (χ1v) is 8.11. The van der Waals surface area contributed by atoms with Gasteiger partial charge in [-0.3, -0.25) is 4.57 Å². The zero-order chi connectivity index (χ0) is 15.9. The standard InChI is InChI=1S/C11H13FN5O4P/c12-7-1-6(2-8(7)21-5-22(18,19)20)17-4-16-9-10(13)14-3-15-11(9)17/h1,3-4,6,8H,2,5H2,(H2,13,14,15)(H2,18,19,20)/t6-,8-/m0/s1. The Morgan fingerprint density at radius 3 is 2.95 bits per heavy atom. The van der Waals surface area contributed by atoms with Gasteiger partial charge in [0.25, 0.3) is 0 Å². The zero-order valence-electron chi connectivity index (χ0n) is 11.2. The molecule has 0 fully saturated rings. The summed E-state index contributed by atoms with van der Waals surface area (Å²) >= 11 is 0. The number of hydrogen-bond donors (Lipinski definition) is 3. The third-order valence-corrected chi connectivity index (χ3v) is 3.79. The Kier molecular flexibility index (Phi) is 3.69. The van der Waals surface area contributed by atoms with E-state index in [0.717, 1.165) is 0 Å². The van der Waals surface area contributed by atoms with Crippen molar-refractivity contribution < 1.29 is 23.5 Å². The Labute approximate surface area is 123 Å². The minimum absolute atomic E-state index is 0.182. The number of halogens is 1. The Morgan fingerprint density at radius 2 is 2.23 bits per heavy atom. The Balaban J connectivity index is 1.82. The number of ether oxygens (including phenoxy) is 1. The van der Waals surface area contributed by atoms with Gasteiger partial charge in [-0.25, -0.2) is 19.3 Å². The van der Waals surface area contributed by atoms with Crippen molar-refractivity contribution in [3.05, 3.63) is 24.6 Å². The quantitative estimate of drug-likeness (QED) is 0.698. The fourth-order valence-electron chi connectivity index (χ4n) is 2.33. The van der Waals surface area contributed by atoms with Gasteiger partial charge in [0.05, 0.1) is 12.4 Å². The van der Waals surface area contributed by atoms with Crippen molar-refractivity contribution in [3.63, 3.8) is 0 Å². The number of allylic oxidation sites excluding steroid dienone is 1. The van der Waals surface area contributed by atoms with Crippen LogP contribution in [0.1, 0.15) is 12.5 Å². The Bertz CT molecular complexity index is 788. The summed E-state index contributed by atoms with van der Waals surface area (Å²) < 4.78 is 31.2. The van der Waals surface area contributed by atoms with Crippen LogP contribution in [0.3, 0.4) is 0 Å². The van der Waals surface area contributed by atoms with Gasteiger partial charge in [0.15, 0.2) is 11.5 Å². The van der Waals surface area contributed by atoms with E-state index in [9.17, 15) is 8.96 Å². The molecule has 2 heterocycles. The van der Waals surface area contributed by atoms with Gasteiger partial charge in [-0.15, -0.1) is 0 Å². The maximum Gasteiger partial charge on any atom is 0.351 e. The highest BCUT2D eigenvalue weighted by molar-refractivity contribution is 7.51. The van der Waals surface area contributed by atoms with Crippen molar-refractivity contribution in [3.8, 4) is 0 Å². The summed E-state index contributed by atoms with van der Waals surface area (Å²) in [5.41, 5.74) is 6.56. The molecule has 2 aromatic rings. The van der Waals surface area contributed by atoms with Crippen LogP contribution in [0.25, 0.3) is 11.2 Å². The molecule has 0 saturated heterocycles. The molecule has 3 rings (SSSR count). The summed E-state index contributed by atoms with van der Waals surface area (Å²) in [6, 6.07) is -0.430. The minimum atomic E-state index is -4.34. The first kappa shape index (κ1) is 15.0. The van der Waals surface area contributed by atoms with Crippen LogP contribution in [0.15, 0.2) is 24.6 Å². The Hall–Kier alpha value is -1.87. The van der Waals surface area contributed by atoms with E-state index in [2.05, 4.69) is 15.0 Å². The average Bonchev–Trinajstić information content (AvgIpc) is 3.00. The third kappa shape index (κ3) is 2.86. The van der Waals surface area contributed by atoms with Crippen molar-refractivity contribution in [2.45, 2.75) is 18.6 Å². The van der Waals surface area contributed by atoms with Crippen molar-refractivity contribution in [2.24, 2.45) is 0 Å². The van der Waals surface area contributed by atoms with Gasteiger partial charge in [0, 0.05) is 6.42 Å². The highest BCUT2D eigenvalue weighted by Gasteiger charge is 2.31. The summed E-state index contributed by atoms with van der Waals surface area (Å²) in [4.78, 5) is 29.6. The molecule has 0 aliphatic heterocycles. The van der Waals surface area contributed by atoms with Gasteiger partial charge >= 0.3 is 7.60 Å². The van der Waals surface area contributed by atoms with Crippen molar-refractivity contribution >= 4 is 24.6 Å².